The number of pyridine rings is 1. The van der Waals surface area contributed by atoms with Crippen molar-refractivity contribution in [2.75, 3.05) is 18.5 Å². The molecule has 16 heavy (non-hydrogen) atoms. The Morgan fingerprint density at radius 3 is 3.12 bits per heavy atom. The van der Waals surface area contributed by atoms with Crippen LogP contribution in [0.2, 0.25) is 0 Å². The maximum Gasteiger partial charge on any atom is 0.166 e. The lowest BCUT2D eigenvalue weighted by molar-refractivity contribution is 0.108. The Bertz CT molecular complexity index is 375. The highest BCUT2D eigenvalue weighted by Gasteiger charge is 2.24. The van der Waals surface area contributed by atoms with Gasteiger partial charge in [-0.25, -0.2) is 9.37 Å². The van der Waals surface area contributed by atoms with Gasteiger partial charge in [-0.15, -0.1) is 0 Å². The van der Waals surface area contributed by atoms with Gasteiger partial charge in [0, 0.05) is 29.7 Å². The third-order valence-electron chi connectivity index (χ3n) is 2.87. The van der Waals surface area contributed by atoms with Crippen LogP contribution >= 0.6 is 15.9 Å². The molecule has 1 aliphatic heterocycles. The summed E-state index contributed by atoms with van der Waals surface area (Å²) in [5, 5.41) is 3.03. The quantitative estimate of drug-likeness (QED) is 0.929. The summed E-state index contributed by atoms with van der Waals surface area (Å²) in [6.45, 7) is 3.54. The lowest BCUT2D eigenvalue weighted by atomic mass is 10.0. The SMILES string of the molecule is CC1OCCC1CNc1ncc(Br)cc1F. The molecule has 2 atom stereocenters. The molecule has 0 aromatic carbocycles. The number of ether oxygens (including phenoxy) is 1. The lowest BCUT2D eigenvalue weighted by Gasteiger charge is -2.15. The molecule has 1 aliphatic rings. The first-order valence-electron chi connectivity index (χ1n) is 5.33. The molecule has 5 heteroatoms. The number of hydrogen-bond donors (Lipinski definition) is 1. The molecule has 1 aromatic rings. The average molecular weight is 289 g/mol. The number of halogens is 2. The van der Waals surface area contributed by atoms with E-state index >= 15 is 0 Å². The molecule has 1 fully saturated rings. The van der Waals surface area contributed by atoms with Crippen molar-refractivity contribution in [3.05, 3.63) is 22.6 Å². The van der Waals surface area contributed by atoms with Crippen LogP contribution in [0.1, 0.15) is 13.3 Å². The fourth-order valence-corrected chi connectivity index (χ4v) is 2.12. The molecule has 0 saturated carbocycles. The minimum absolute atomic E-state index is 0.242. The van der Waals surface area contributed by atoms with Gasteiger partial charge in [0.2, 0.25) is 0 Å². The second kappa shape index (κ2) is 5.10. The molecule has 0 radical (unpaired) electrons. The van der Waals surface area contributed by atoms with Crippen LogP contribution < -0.4 is 5.32 Å². The number of aromatic nitrogens is 1. The number of rotatable bonds is 3. The van der Waals surface area contributed by atoms with Crippen LogP contribution in [0.15, 0.2) is 16.7 Å². The van der Waals surface area contributed by atoms with E-state index in [2.05, 4.69) is 26.2 Å². The standard InChI is InChI=1S/C11H14BrFN2O/c1-7-8(2-3-16-7)5-14-11-10(13)4-9(12)6-15-11/h4,6-8H,2-3,5H2,1H3,(H,14,15). The predicted molar refractivity (Wildman–Crippen MR) is 63.9 cm³/mol. The highest BCUT2D eigenvalue weighted by atomic mass is 79.9. The van der Waals surface area contributed by atoms with E-state index in [9.17, 15) is 4.39 Å². The van der Waals surface area contributed by atoms with Crippen LogP contribution in [-0.4, -0.2) is 24.2 Å². The smallest absolute Gasteiger partial charge is 0.166 e. The molecular weight excluding hydrogens is 275 g/mol. The van der Waals surface area contributed by atoms with Gasteiger partial charge in [0.25, 0.3) is 0 Å². The van der Waals surface area contributed by atoms with E-state index < -0.39 is 0 Å². The van der Waals surface area contributed by atoms with Crippen molar-refractivity contribution in [3.8, 4) is 0 Å². The number of nitrogens with one attached hydrogen (secondary N) is 1. The highest BCUT2D eigenvalue weighted by molar-refractivity contribution is 9.10. The molecule has 88 valence electrons. The normalized spacial score (nSPS) is 24.7. The van der Waals surface area contributed by atoms with Crippen molar-refractivity contribution in [3.63, 3.8) is 0 Å². The Morgan fingerprint density at radius 1 is 1.69 bits per heavy atom. The van der Waals surface area contributed by atoms with E-state index in [1.807, 2.05) is 6.92 Å². The van der Waals surface area contributed by atoms with Crippen molar-refractivity contribution in [1.29, 1.82) is 0 Å². The van der Waals surface area contributed by atoms with Crippen LogP contribution in [0.5, 0.6) is 0 Å². The zero-order chi connectivity index (χ0) is 11.5. The Balaban J connectivity index is 1.94. The molecule has 0 spiro atoms. The molecule has 0 aliphatic carbocycles. The third kappa shape index (κ3) is 2.71. The maximum atomic E-state index is 13.4. The maximum absolute atomic E-state index is 13.4. The summed E-state index contributed by atoms with van der Waals surface area (Å²) < 4.78 is 19.5. The predicted octanol–water partition coefficient (Wildman–Crippen LogP) is 2.82. The minimum atomic E-state index is -0.332. The van der Waals surface area contributed by atoms with Crippen molar-refractivity contribution >= 4 is 21.7 Å². The van der Waals surface area contributed by atoms with Gasteiger partial charge in [0.15, 0.2) is 11.6 Å². The van der Waals surface area contributed by atoms with E-state index in [1.54, 1.807) is 6.20 Å². The highest BCUT2D eigenvalue weighted by Crippen LogP contribution is 2.22. The van der Waals surface area contributed by atoms with Gasteiger partial charge in [-0.1, -0.05) is 0 Å². The van der Waals surface area contributed by atoms with Gasteiger partial charge in [-0.2, -0.15) is 0 Å². The number of nitrogens with zero attached hydrogens (tertiary/aromatic N) is 1. The average Bonchev–Trinajstić information content (AvgIpc) is 2.63. The zero-order valence-corrected chi connectivity index (χ0v) is 10.6. The Morgan fingerprint density at radius 2 is 2.50 bits per heavy atom. The van der Waals surface area contributed by atoms with Crippen LogP contribution in [-0.2, 0) is 4.74 Å². The first-order valence-corrected chi connectivity index (χ1v) is 6.12. The van der Waals surface area contributed by atoms with Crippen LogP contribution in [0.25, 0.3) is 0 Å². The molecule has 1 N–H and O–H groups in total. The zero-order valence-electron chi connectivity index (χ0n) is 9.04. The monoisotopic (exact) mass is 288 g/mol. The van der Waals surface area contributed by atoms with Crippen molar-refractivity contribution < 1.29 is 9.13 Å². The fourth-order valence-electron chi connectivity index (χ4n) is 1.82. The molecule has 3 nitrogen and oxygen atoms in total. The molecule has 2 rings (SSSR count). The van der Waals surface area contributed by atoms with Crippen molar-refractivity contribution in [2.24, 2.45) is 5.92 Å². The van der Waals surface area contributed by atoms with Crippen molar-refractivity contribution in [2.45, 2.75) is 19.4 Å². The van der Waals surface area contributed by atoms with E-state index in [0.29, 0.717) is 22.8 Å². The Kier molecular flexibility index (Phi) is 3.76. The van der Waals surface area contributed by atoms with Gasteiger partial charge < -0.3 is 10.1 Å². The van der Waals surface area contributed by atoms with Gasteiger partial charge in [-0.05, 0) is 35.3 Å². The van der Waals surface area contributed by atoms with E-state index in [-0.39, 0.29) is 11.9 Å². The summed E-state index contributed by atoms with van der Waals surface area (Å²) in [6.07, 6.45) is 2.85. The summed E-state index contributed by atoms with van der Waals surface area (Å²) >= 11 is 3.17. The minimum Gasteiger partial charge on any atom is -0.378 e. The third-order valence-corrected chi connectivity index (χ3v) is 3.31. The molecule has 1 saturated heterocycles. The summed E-state index contributed by atoms with van der Waals surface area (Å²) in [5.41, 5.74) is 0. The number of anilines is 1. The summed E-state index contributed by atoms with van der Waals surface area (Å²) in [7, 11) is 0. The van der Waals surface area contributed by atoms with Crippen molar-refractivity contribution in [1.82, 2.24) is 4.98 Å². The van der Waals surface area contributed by atoms with Crippen LogP contribution in [0.3, 0.4) is 0 Å². The molecule has 2 unspecified atom stereocenters. The fraction of sp³-hybridized carbons (Fsp3) is 0.545. The summed E-state index contributed by atoms with van der Waals surface area (Å²) in [5.74, 6) is 0.410. The topological polar surface area (TPSA) is 34.1 Å². The van der Waals surface area contributed by atoms with Gasteiger partial charge in [0.1, 0.15) is 0 Å². The first kappa shape index (κ1) is 11.8. The summed E-state index contributed by atoms with van der Waals surface area (Å²) in [4.78, 5) is 3.99. The van der Waals surface area contributed by atoms with Crippen LogP contribution in [0.4, 0.5) is 10.2 Å². The first-order chi connectivity index (χ1) is 7.66. The molecule has 0 bridgehead atoms. The second-order valence-corrected chi connectivity index (χ2v) is 4.91. The Labute approximate surface area is 103 Å². The molecular formula is C11H14BrFN2O. The largest absolute Gasteiger partial charge is 0.378 e. The second-order valence-electron chi connectivity index (χ2n) is 3.99. The molecule has 0 amide bonds. The van der Waals surface area contributed by atoms with Crippen LogP contribution in [0, 0.1) is 11.7 Å². The van der Waals surface area contributed by atoms with Gasteiger partial charge in [-0.3, -0.25) is 0 Å². The lowest BCUT2D eigenvalue weighted by Crippen LogP contribution is -2.21. The van der Waals surface area contributed by atoms with Gasteiger partial charge >= 0.3 is 0 Å². The molecule has 2 heterocycles. The summed E-state index contributed by atoms with van der Waals surface area (Å²) in [6, 6.07) is 1.41. The molecule has 1 aromatic heterocycles. The van der Waals surface area contributed by atoms with E-state index in [0.717, 1.165) is 13.0 Å². The Hall–Kier alpha value is -0.680. The van der Waals surface area contributed by atoms with E-state index in [4.69, 9.17) is 4.74 Å². The number of hydrogen-bond acceptors (Lipinski definition) is 3. The van der Waals surface area contributed by atoms with E-state index in [1.165, 1.54) is 6.07 Å². The van der Waals surface area contributed by atoms with Gasteiger partial charge in [0.05, 0.1) is 6.10 Å².